The maximum absolute atomic E-state index is 11.4. The zero-order valence-electron chi connectivity index (χ0n) is 10.9. The topological polar surface area (TPSA) is 56.7 Å². The largest absolute Gasteiger partial charge is 0.390 e. The summed E-state index contributed by atoms with van der Waals surface area (Å²) in [7, 11) is 0. The molecule has 0 aromatic carbocycles. The Morgan fingerprint density at radius 2 is 2.32 bits per heavy atom. The van der Waals surface area contributed by atoms with Gasteiger partial charge in [0.05, 0.1) is 6.10 Å². The van der Waals surface area contributed by atoms with Crippen LogP contribution in [0.25, 0.3) is 0 Å². The quantitative estimate of drug-likeness (QED) is 0.871. The van der Waals surface area contributed by atoms with Crippen molar-refractivity contribution in [2.45, 2.75) is 19.6 Å². The average Bonchev–Trinajstić information content (AvgIpc) is 2.54. The summed E-state index contributed by atoms with van der Waals surface area (Å²) in [6, 6.07) is 1.76. The fraction of sp³-hybridized carbons (Fsp3) is 0.538. The Morgan fingerprint density at radius 1 is 1.53 bits per heavy atom. The molecule has 1 aliphatic rings. The van der Waals surface area contributed by atoms with Gasteiger partial charge in [-0.1, -0.05) is 11.6 Å². The number of amides is 1. The SMILES string of the molecule is CC(=O)N1CCN(Cc2cnccc2Cl)C[C@@H](O)C1. The standard InChI is InChI=1S/C13H18ClN3O2/c1-10(18)17-5-4-16(8-12(19)9-17)7-11-6-15-3-2-13(11)14/h2-3,6,12,19H,4-5,7-9H2,1H3/t12-/m1/s1. The highest BCUT2D eigenvalue weighted by Crippen LogP contribution is 2.17. The summed E-state index contributed by atoms with van der Waals surface area (Å²) in [5, 5.41) is 10.6. The number of aliphatic hydroxyl groups is 1. The number of nitrogens with zero attached hydrogens (tertiary/aromatic N) is 3. The second-order valence-corrected chi connectivity index (χ2v) is 5.23. The number of aliphatic hydroxyl groups excluding tert-OH is 1. The van der Waals surface area contributed by atoms with E-state index in [4.69, 9.17) is 11.6 Å². The zero-order valence-corrected chi connectivity index (χ0v) is 11.7. The number of hydrogen-bond acceptors (Lipinski definition) is 4. The lowest BCUT2D eigenvalue weighted by atomic mass is 10.2. The lowest BCUT2D eigenvalue weighted by Crippen LogP contribution is -2.36. The van der Waals surface area contributed by atoms with Crippen molar-refractivity contribution in [3.63, 3.8) is 0 Å². The molecule has 1 atom stereocenters. The third-order valence-corrected chi connectivity index (χ3v) is 3.64. The molecule has 1 N–H and O–H groups in total. The molecule has 0 unspecified atom stereocenters. The molecule has 6 heteroatoms. The van der Waals surface area contributed by atoms with Crippen molar-refractivity contribution in [3.8, 4) is 0 Å². The third-order valence-electron chi connectivity index (χ3n) is 3.27. The van der Waals surface area contributed by atoms with E-state index in [1.54, 1.807) is 23.4 Å². The fourth-order valence-corrected chi connectivity index (χ4v) is 2.42. The molecule has 0 spiro atoms. The van der Waals surface area contributed by atoms with Gasteiger partial charge in [0.25, 0.3) is 0 Å². The fourth-order valence-electron chi connectivity index (χ4n) is 2.25. The molecule has 1 fully saturated rings. The number of rotatable bonds is 2. The first kappa shape index (κ1) is 14.2. The van der Waals surface area contributed by atoms with Crippen LogP contribution in [0.1, 0.15) is 12.5 Å². The summed E-state index contributed by atoms with van der Waals surface area (Å²) in [5.41, 5.74) is 0.938. The van der Waals surface area contributed by atoms with Crippen LogP contribution in [-0.4, -0.2) is 58.1 Å². The summed E-state index contributed by atoms with van der Waals surface area (Å²) in [6.45, 7) is 4.45. The summed E-state index contributed by atoms with van der Waals surface area (Å²) < 4.78 is 0. The highest BCUT2D eigenvalue weighted by Gasteiger charge is 2.22. The van der Waals surface area contributed by atoms with Crippen LogP contribution in [0, 0.1) is 0 Å². The Bertz CT molecular complexity index is 455. The maximum atomic E-state index is 11.4. The first-order valence-electron chi connectivity index (χ1n) is 6.30. The van der Waals surface area contributed by atoms with Gasteiger partial charge in [0.15, 0.2) is 0 Å². The van der Waals surface area contributed by atoms with Crippen molar-refractivity contribution in [1.82, 2.24) is 14.8 Å². The molecule has 1 aromatic rings. The number of aromatic nitrogens is 1. The number of carbonyl (C=O) groups is 1. The van der Waals surface area contributed by atoms with Crippen molar-refractivity contribution >= 4 is 17.5 Å². The van der Waals surface area contributed by atoms with Crippen molar-refractivity contribution in [2.24, 2.45) is 0 Å². The van der Waals surface area contributed by atoms with Crippen molar-refractivity contribution < 1.29 is 9.90 Å². The molecule has 2 heterocycles. The lowest BCUT2D eigenvalue weighted by molar-refractivity contribution is -0.129. The Kier molecular flexibility index (Phi) is 4.74. The zero-order chi connectivity index (χ0) is 13.8. The molecule has 104 valence electrons. The number of pyridine rings is 1. The summed E-state index contributed by atoms with van der Waals surface area (Å²) in [4.78, 5) is 19.2. The van der Waals surface area contributed by atoms with Gasteiger partial charge < -0.3 is 10.0 Å². The van der Waals surface area contributed by atoms with Gasteiger partial charge >= 0.3 is 0 Å². The van der Waals surface area contributed by atoms with Gasteiger partial charge in [-0.15, -0.1) is 0 Å². The van der Waals surface area contributed by atoms with E-state index in [1.807, 2.05) is 0 Å². The van der Waals surface area contributed by atoms with Crippen LogP contribution in [0.3, 0.4) is 0 Å². The first-order chi connectivity index (χ1) is 9.06. The number of halogens is 1. The van der Waals surface area contributed by atoms with Crippen LogP contribution in [0.15, 0.2) is 18.5 Å². The second-order valence-electron chi connectivity index (χ2n) is 4.82. The Hall–Kier alpha value is -1.17. The molecule has 2 rings (SSSR count). The molecule has 19 heavy (non-hydrogen) atoms. The number of carbonyl (C=O) groups excluding carboxylic acids is 1. The normalized spacial score (nSPS) is 21.2. The van der Waals surface area contributed by atoms with E-state index in [0.29, 0.717) is 31.2 Å². The molecule has 0 aliphatic carbocycles. The van der Waals surface area contributed by atoms with E-state index < -0.39 is 6.10 Å². The highest BCUT2D eigenvalue weighted by atomic mass is 35.5. The molecule has 1 saturated heterocycles. The smallest absolute Gasteiger partial charge is 0.219 e. The molecule has 0 radical (unpaired) electrons. The summed E-state index contributed by atoms with van der Waals surface area (Å²) in [6.07, 6.45) is 2.87. The van der Waals surface area contributed by atoms with Crippen molar-refractivity contribution in [1.29, 1.82) is 0 Å². The molecule has 0 saturated carbocycles. The van der Waals surface area contributed by atoms with E-state index in [9.17, 15) is 9.90 Å². The van der Waals surface area contributed by atoms with Crippen LogP contribution in [0.5, 0.6) is 0 Å². The van der Waals surface area contributed by atoms with Gasteiger partial charge in [0.1, 0.15) is 0 Å². The second kappa shape index (κ2) is 6.32. The van der Waals surface area contributed by atoms with Crippen molar-refractivity contribution in [3.05, 3.63) is 29.0 Å². The minimum atomic E-state index is -0.526. The average molecular weight is 284 g/mol. The first-order valence-corrected chi connectivity index (χ1v) is 6.68. The van der Waals surface area contributed by atoms with E-state index in [0.717, 1.165) is 12.1 Å². The molecule has 1 amide bonds. The van der Waals surface area contributed by atoms with Crippen LogP contribution in [0.4, 0.5) is 0 Å². The minimum Gasteiger partial charge on any atom is -0.390 e. The molecular weight excluding hydrogens is 266 g/mol. The van der Waals surface area contributed by atoms with E-state index >= 15 is 0 Å². The Labute approximate surface area is 117 Å². The van der Waals surface area contributed by atoms with E-state index in [-0.39, 0.29) is 5.91 Å². The van der Waals surface area contributed by atoms with Gasteiger partial charge in [0, 0.05) is 62.6 Å². The van der Waals surface area contributed by atoms with Gasteiger partial charge in [-0.25, -0.2) is 0 Å². The molecule has 5 nitrogen and oxygen atoms in total. The maximum Gasteiger partial charge on any atom is 0.219 e. The molecule has 1 aromatic heterocycles. The minimum absolute atomic E-state index is 0.000287. The Balaban J connectivity index is 2.02. The van der Waals surface area contributed by atoms with Crippen LogP contribution >= 0.6 is 11.6 Å². The Morgan fingerprint density at radius 3 is 3.00 bits per heavy atom. The van der Waals surface area contributed by atoms with Crippen LogP contribution in [0.2, 0.25) is 5.02 Å². The lowest BCUT2D eigenvalue weighted by Gasteiger charge is -2.21. The number of hydrogen-bond donors (Lipinski definition) is 1. The molecule has 0 bridgehead atoms. The van der Waals surface area contributed by atoms with Gasteiger partial charge in [0.2, 0.25) is 5.91 Å². The summed E-state index contributed by atoms with van der Waals surface area (Å²) in [5.74, 6) is 0.000287. The molecule has 1 aliphatic heterocycles. The monoisotopic (exact) mass is 283 g/mol. The van der Waals surface area contributed by atoms with Crippen LogP contribution in [-0.2, 0) is 11.3 Å². The van der Waals surface area contributed by atoms with E-state index in [2.05, 4.69) is 9.88 Å². The number of β-amino-alcohol motifs (C(OH)–C–C–N with tert-alkyl or cyclic N) is 1. The van der Waals surface area contributed by atoms with Gasteiger partial charge in [-0.2, -0.15) is 0 Å². The predicted molar refractivity (Wildman–Crippen MR) is 72.8 cm³/mol. The van der Waals surface area contributed by atoms with E-state index in [1.165, 1.54) is 6.92 Å². The van der Waals surface area contributed by atoms with Crippen molar-refractivity contribution in [2.75, 3.05) is 26.2 Å². The highest BCUT2D eigenvalue weighted by molar-refractivity contribution is 6.31. The third kappa shape index (κ3) is 3.89. The predicted octanol–water partition coefficient (Wildman–Crippen LogP) is 0.760. The van der Waals surface area contributed by atoms with Gasteiger partial charge in [-0.3, -0.25) is 14.7 Å². The van der Waals surface area contributed by atoms with Gasteiger partial charge in [-0.05, 0) is 6.07 Å². The van der Waals surface area contributed by atoms with Crippen LogP contribution < -0.4 is 0 Å². The molecular formula is C13H18ClN3O2. The summed E-state index contributed by atoms with van der Waals surface area (Å²) >= 11 is 6.11.